The van der Waals surface area contributed by atoms with Gasteiger partial charge in [-0.25, -0.2) is 0 Å². The first-order chi connectivity index (χ1) is 13.6. The highest BCUT2D eigenvalue weighted by Crippen LogP contribution is 2.33. The lowest BCUT2D eigenvalue weighted by molar-refractivity contribution is 0.157. The molecule has 1 N–H and O–H groups in total. The van der Waals surface area contributed by atoms with Crippen LogP contribution in [0.4, 0.5) is 0 Å². The lowest BCUT2D eigenvalue weighted by Gasteiger charge is -2.25. The van der Waals surface area contributed by atoms with E-state index in [2.05, 4.69) is 46.6 Å². The van der Waals surface area contributed by atoms with Crippen LogP contribution in [0.25, 0.3) is 21.8 Å². The highest BCUT2D eigenvalue weighted by atomic mass is 16.3. The van der Waals surface area contributed by atoms with Gasteiger partial charge in [-0.15, -0.1) is 0 Å². The molecule has 5 rings (SSSR count). The van der Waals surface area contributed by atoms with Gasteiger partial charge in [0.25, 0.3) is 0 Å². The van der Waals surface area contributed by atoms with Crippen LogP contribution in [0.1, 0.15) is 28.5 Å². The minimum absolute atomic E-state index is 0.562. The largest absolute Gasteiger partial charge is 0.387 e. The van der Waals surface area contributed by atoms with E-state index in [1.54, 1.807) is 6.20 Å². The number of aromatic nitrogens is 2. The fourth-order valence-corrected chi connectivity index (χ4v) is 4.59. The molecule has 1 aliphatic rings. The highest BCUT2D eigenvalue weighted by molar-refractivity contribution is 5.87. The Hall–Kier alpha value is -2.69. The van der Waals surface area contributed by atoms with E-state index in [0.717, 1.165) is 36.0 Å². The molecule has 142 valence electrons. The number of hydrogen-bond donors (Lipinski definition) is 1. The number of aliphatic hydroxyl groups excluding tert-OH is 1. The highest BCUT2D eigenvalue weighted by Gasteiger charge is 2.24. The van der Waals surface area contributed by atoms with Gasteiger partial charge in [0.2, 0.25) is 0 Å². The van der Waals surface area contributed by atoms with Crippen LogP contribution in [0.5, 0.6) is 0 Å². The summed E-state index contributed by atoms with van der Waals surface area (Å²) in [5.41, 5.74) is 7.16. The number of rotatable bonds is 3. The number of pyridine rings is 1. The zero-order chi connectivity index (χ0) is 19.3. The van der Waals surface area contributed by atoms with E-state index >= 15 is 0 Å². The Morgan fingerprint density at radius 2 is 1.96 bits per heavy atom. The SMILES string of the molecule is Cc1ccc2c(c1)c1c(n2CC(O)c2ccnc3ccccc23)CCN(C)C1. The zero-order valence-electron chi connectivity index (χ0n) is 16.4. The summed E-state index contributed by atoms with van der Waals surface area (Å²) < 4.78 is 2.34. The minimum Gasteiger partial charge on any atom is -0.387 e. The number of hydrogen-bond acceptors (Lipinski definition) is 3. The van der Waals surface area contributed by atoms with E-state index in [4.69, 9.17) is 0 Å². The van der Waals surface area contributed by atoms with Crippen molar-refractivity contribution in [2.75, 3.05) is 13.6 Å². The Morgan fingerprint density at radius 3 is 2.86 bits per heavy atom. The molecule has 0 saturated heterocycles. The van der Waals surface area contributed by atoms with Crippen molar-refractivity contribution in [2.45, 2.75) is 32.5 Å². The normalized spacial score (nSPS) is 15.8. The fourth-order valence-electron chi connectivity index (χ4n) is 4.59. The van der Waals surface area contributed by atoms with Crippen LogP contribution in [-0.2, 0) is 19.5 Å². The summed E-state index contributed by atoms with van der Waals surface area (Å²) in [5, 5.41) is 13.6. The molecule has 2 aromatic heterocycles. The first-order valence-corrected chi connectivity index (χ1v) is 9.92. The molecule has 0 spiro atoms. The monoisotopic (exact) mass is 371 g/mol. The van der Waals surface area contributed by atoms with Gasteiger partial charge in [-0.2, -0.15) is 0 Å². The number of benzene rings is 2. The Bertz CT molecular complexity index is 1170. The minimum atomic E-state index is -0.575. The van der Waals surface area contributed by atoms with Crippen LogP contribution in [0.15, 0.2) is 54.7 Å². The summed E-state index contributed by atoms with van der Waals surface area (Å²) in [6.07, 6.45) is 2.24. The van der Waals surface area contributed by atoms with Crippen LogP contribution in [0, 0.1) is 6.92 Å². The Balaban J connectivity index is 1.62. The van der Waals surface area contributed by atoms with Gasteiger partial charge in [-0.3, -0.25) is 4.98 Å². The second-order valence-electron chi connectivity index (χ2n) is 7.98. The zero-order valence-corrected chi connectivity index (χ0v) is 16.4. The first kappa shape index (κ1) is 17.4. The molecule has 4 nitrogen and oxygen atoms in total. The van der Waals surface area contributed by atoms with Gasteiger partial charge in [0, 0.05) is 47.7 Å². The van der Waals surface area contributed by atoms with Gasteiger partial charge in [0.15, 0.2) is 0 Å². The Labute approximate surface area is 165 Å². The summed E-state index contributed by atoms with van der Waals surface area (Å²) >= 11 is 0. The van der Waals surface area contributed by atoms with Crippen molar-refractivity contribution < 1.29 is 5.11 Å². The van der Waals surface area contributed by atoms with Gasteiger partial charge < -0.3 is 14.6 Å². The molecule has 0 saturated carbocycles. The summed E-state index contributed by atoms with van der Waals surface area (Å²) in [6.45, 7) is 4.73. The topological polar surface area (TPSA) is 41.3 Å². The number of aryl methyl sites for hydroxylation is 1. The van der Waals surface area contributed by atoms with Crippen LogP contribution in [0.2, 0.25) is 0 Å². The summed E-state index contributed by atoms with van der Waals surface area (Å²) in [6, 6.07) is 16.6. The van der Waals surface area contributed by atoms with Gasteiger partial charge in [-0.1, -0.05) is 29.8 Å². The summed E-state index contributed by atoms with van der Waals surface area (Å²) in [5.74, 6) is 0. The van der Waals surface area contributed by atoms with Crippen molar-refractivity contribution >= 4 is 21.8 Å². The van der Waals surface area contributed by atoms with Crippen molar-refractivity contribution in [1.29, 1.82) is 0 Å². The molecule has 0 fully saturated rings. The number of likely N-dealkylation sites (N-methyl/N-ethyl adjacent to an activating group) is 1. The molecule has 0 radical (unpaired) electrons. The molecule has 1 atom stereocenters. The smallest absolute Gasteiger partial charge is 0.0976 e. The van der Waals surface area contributed by atoms with Gasteiger partial charge in [0.05, 0.1) is 18.2 Å². The maximum atomic E-state index is 11.2. The number of aliphatic hydroxyl groups is 1. The lowest BCUT2D eigenvalue weighted by atomic mass is 10.0. The molecule has 1 aliphatic heterocycles. The third-order valence-electron chi connectivity index (χ3n) is 6.00. The van der Waals surface area contributed by atoms with Crippen molar-refractivity contribution in [1.82, 2.24) is 14.5 Å². The lowest BCUT2D eigenvalue weighted by Crippen LogP contribution is -2.27. The summed E-state index contributed by atoms with van der Waals surface area (Å²) in [4.78, 5) is 6.81. The third-order valence-corrected chi connectivity index (χ3v) is 6.00. The maximum absolute atomic E-state index is 11.2. The maximum Gasteiger partial charge on any atom is 0.0976 e. The van der Waals surface area contributed by atoms with Crippen molar-refractivity contribution in [3.8, 4) is 0 Å². The Morgan fingerprint density at radius 1 is 1.11 bits per heavy atom. The molecule has 4 heteroatoms. The predicted molar refractivity (Wildman–Crippen MR) is 113 cm³/mol. The second kappa shape index (κ2) is 6.73. The van der Waals surface area contributed by atoms with Crippen molar-refractivity contribution in [3.05, 3.63) is 77.1 Å². The van der Waals surface area contributed by atoms with Crippen LogP contribution in [-0.4, -0.2) is 33.1 Å². The van der Waals surface area contributed by atoms with E-state index in [1.807, 2.05) is 30.3 Å². The fraction of sp³-hybridized carbons (Fsp3) is 0.292. The van der Waals surface area contributed by atoms with Crippen LogP contribution < -0.4 is 0 Å². The number of fused-ring (bicyclic) bond motifs is 4. The first-order valence-electron chi connectivity index (χ1n) is 9.92. The molecule has 28 heavy (non-hydrogen) atoms. The standard InChI is InChI=1S/C24H25N3O/c1-16-7-8-22-19(13-16)20-14-26(2)12-10-23(20)27(22)15-24(28)18-9-11-25-21-6-4-3-5-17(18)21/h3-9,11,13,24,28H,10,12,14-15H2,1-2H3. The van der Waals surface area contributed by atoms with Crippen molar-refractivity contribution in [3.63, 3.8) is 0 Å². The molecular formula is C24H25N3O. The molecule has 3 heterocycles. The number of nitrogens with zero attached hydrogens (tertiary/aromatic N) is 3. The van der Waals surface area contributed by atoms with Crippen molar-refractivity contribution in [2.24, 2.45) is 0 Å². The van der Waals surface area contributed by atoms with Gasteiger partial charge in [0.1, 0.15) is 0 Å². The molecule has 2 aromatic carbocycles. The molecule has 1 unspecified atom stereocenters. The summed E-state index contributed by atoms with van der Waals surface area (Å²) in [7, 11) is 2.18. The van der Waals surface area contributed by atoms with E-state index in [-0.39, 0.29) is 0 Å². The van der Waals surface area contributed by atoms with E-state index < -0.39 is 6.10 Å². The average Bonchev–Trinajstić information content (AvgIpc) is 2.99. The van der Waals surface area contributed by atoms with E-state index in [9.17, 15) is 5.11 Å². The second-order valence-corrected chi connectivity index (χ2v) is 7.98. The van der Waals surface area contributed by atoms with Crippen LogP contribution in [0.3, 0.4) is 0 Å². The van der Waals surface area contributed by atoms with Gasteiger partial charge in [-0.05, 0) is 49.4 Å². The van der Waals surface area contributed by atoms with Crippen LogP contribution >= 0.6 is 0 Å². The quantitative estimate of drug-likeness (QED) is 0.586. The predicted octanol–water partition coefficient (Wildman–Crippen LogP) is 4.22. The average molecular weight is 371 g/mol. The Kier molecular flexibility index (Phi) is 4.18. The van der Waals surface area contributed by atoms with E-state index in [0.29, 0.717) is 6.54 Å². The van der Waals surface area contributed by atoms with E-state index in [1.165, 1.54) is 27.7 Å². The number of para-hydroxylation sites is 1. The third kappa shape index (κ3) is 2.81. The molecule has 0 aliphatic carbocycles. The molecule has 4 aromatic rings. The molecule has 0 amide bonds. The van der Waals surface area contributed by atoms with Gasteiger partial charge >= 0.3 is 0 Å². The molecule has 0 bridgehead atoms. The molecular weight excluding hydrogens is 346 g/mol.